The number of methoxy groups -OCH3 is 1. The Kier molecular flexibility index (Phi) is 2.81. The first kappa shape index (κ1) is 10.9. The predicted octanol–water partition coefficient (Wildman–Crippen LogP) is 1.89. The van der Waals surface area contributed by atoms with Crippen molar-refractivity contribution >= 4 is 11.7 Å². The molecule has 1 aromatic rings. The van der Waals surface area contributed by atoms with Gasteiger partial charge in [0.05, 0.1) is 12.8 Å². The number of nitrogens with zero attached hydrogens (tertiary/aromatic N) is 1. The Hall–Kier alpha value is -1.58. The van der Waals surface area contributed by atoms with E-state index in [9.17, 15) is 9.18 Å². The topological polar surface area (TPSA) is 29.5 Å². The van der Waals surface area contributed by atoms with Crippen molar-refractivity contribution < 1.29 is 13.9 Å². The van der Waals surface area contributed by atoms with Crippen LogP contribution in [0.25, 0.3) is 0 Å². The first-order valence-electron chi connectivity index (χ1n) is 5.24. The molecule has 1 aromatic carbocycles. The van der Waals surface area contributed by atoms with Crippen LogP contribution in [0.3, 0.4) is 0 Å². The van der Waals surface area contributed by atoms with Crippen molar-refractivity contribution in [3.63, 3.8) is 0 Å². The van der Waals surface area contributed by atoms with E-state index in [4.69, 9.17) is 0 Å². The third-order valence-electron chi connectivity index (χ3n) is 2.91. The minimum absolute atomic E-state index is 0.284. The standard InChI is InChI=1S/C12H14FNO2/c1-8-3-4-10(9(13)7-8)14-6-5-11(14)12(15)16-2/h3-4,7,11H,5-6H2,1-2H3. The molecule has 0 saturated carbocycles. The second-order valence-electron chi connectivity index (χ2n) is 3.98. The van der Waals surface area contributed by atoms with Crippen LogP contribution in [0.4, 0.5) is 10.1 Å². The van der Waals surface area contributed by atoms with E-state index in [1.807, 2.05) is 13.0 Å². The Balaban J connectivity index is 2.22. The van der Waals surface area contributed by atoms with Crippen LogP contribution in [0.1, 0.15) is 12.0 Å². The van der Waals surface area contributed by atoms with E-state index in [1.54, 1.807) is 11.0 Å². The summed E-state index contributed by atoms with van der Waals surface area (Å²) in [6.45, 7) is 2.53. The molecular formula is C12H14FNO2. The molecule has 1 atom stereocenters. The molecule has 1 aliphatic heterocycles. The summed E-state index contributed by atoms with van der Waals surface area (Å²) in [5.41, 5.74) is 1.35. The average molecular weight is 223 g/mol. The number of ether oxygens (including phenoxy) is 1. The van der Waals surface area contributed by atoms with Gasteiger partial charge in [-0.05, 0) is 31.0 Å². The summed E-state index contributed by atoms with van der Waals surface area (Å²) in [5.74, 6) is -0.583. The second kappa shape index (κ2) is 4.12. The van der Waals surface area contributed by atoms with Gasteiger partial charge >= 0.3 is 5.97 Å². The number of hydrogen-bond acceptors (Lipinski definition) is 3. The summed E-state index contributed by atoms with van der Waals surface area (Å²) in [4.78, 5) is 13.1. The molecule has 1 fully saturated rings. The smallest absolute Gasteiger partial charge is 0.328 e. The van der Waals surface area contributed by atoms with Crippen molar-refractivity contribution in [2.75, 3.05) is 18.6 Å². The lowest BCUT2D eigenvalue weighted by molar-refractivity contribution is -0.143. The fraction of sp³-hybridized carbons (Fsp3) is 0.417. The summed E-state index contributed by atoms with van der Waals surface area (Å²) in [6.07, 6.45) is 0.722. The highest BCUT2D eigenvalue weighted by atomic mass is 19.1. The van der Waals surface area contributed by atoms with Crippen molar-refractivity contribution in [3.05, 3.63) is 29.6 Å². The quantitative estimate of drug-likeness (QED) is 0.717. The molecule has 1 aliphatic rings. The van der Waals surface area contributed by atoms with Gasteiger partial charge in [-0.25, -0.2) is 9.18 Å². The summed E-state index contributed by atoms with van der Waals surface area (Å²) < 4.78 is 18.3. The highest BCUT2D eigenvalue weighted by molar-refractivity contribution is 5.82. The molecule has 0 amide bonds. The van der Waals surface area contributed by atoms with Crippen LogP contribution in [0.5, 0.6) is 0 Å². The monoisotopic (exact) mass is 223 g/mol. The summed E-state index contributed by atoms with van der Waals surface area (Å²) in [7, 11) is 1.35. The van der Waals surface area contributed by atoms with Crippen LogP contribution in [0.15, 0.2) is 18.2 Å². The SMILES string of the molecule is COC(=O)C1CCN1c1ccc(C)cc1F. The zero-order valence-corrected chi connectivity index (χ0v) is 9.37. The Bertz CT molecular complexity index is 419. The van der Waals surface area contributed by atoms with Crippen LogP contribution >= 0.6 is 0 Å². The van der Waals surface area contributed by atoms with Gasteiger partial charge in [-0.15, -0.1) is 0 Å². The van der Waals surface area contributed by atoms with E-state index >= 15 is 0 Å². The number of aryl methyl sites for hydroxylation is 1. The Morgan fingerprint density at radius 2 is 2.31 bits per heavy atom. The maximum absolute atomic E-state index is 13.7. The third kappa shape index (κ3) is 1.75. The third-order valence-corrected chi connectivity index (χ3v) is 2.91. The van der Waals surface area contributed by atoms with Gasteiger partial charge in [0.15, 0.2) is 0 Å². The van der Waals surface area contributed by atoms with Crippen molar-refractivity contribution in [1.82, 2.24) is 0 Å². The zero-order valence-electron chi connectivity index (χ0n) is 9.37. The minimum atomic E-state index is -0.331. The number of benzene rings is 1. The highest BCUT2D eigenvalue weighted by Crippen LogP contribution is 2.29. The van der Waals surface area contributed by atoms with Crippen molar-refractivity contribution in [3.8, 4) is 0 Å². The normalized spacial score (nSPS) is 19.2. The van der Waals surface area contributed by atoms with Crippen LogP contribution < -0.4 is 4.90 Å². The molecule has 0 aliphatic carbocycles. The van der Waals surface area contributed by atoms with Gasteiger partial charge in [0.2, 0.25) is 0 Å². The van der Waals surface area contributed by atoms with Gasteiger partial charge in [0, 0.05) is 6.54 Å². The van der Waals surface area contributed by atoms with Crippen LogP contribution in [-0.2, 0) is 9.53 Å². The Labute approximate surface area is 93.8 Å². The summed E-state index contributed by atoms with van der Waals surface area (Å²) in [5, 5.41) is 0. The van der Waals surface area contributed by atoms with Gasteiger partial charge < -0.3 is 9.64 Å². The molecule has 1 saturated heterocycles. The van der Waals surface area contributed by atoms with E-state index in [-0.39, 0.29) is 17.8 Å². The van der Waals surface area contributed by atoms with E-state index in [1.165, 1.54) is 13.2 Å². The number of anilines is 1. The van der Waals surface area contributed by atoms with Crippen molar-refractivity contribution in [2.45, 2.75) is 19.4 Å². The lowest BCUT2D eigenvalue weighted by Crippen LogP contribution is -2.53. The van der Waals surface area contributed by atoms with Gasteiger partial charge in [-0.3, -0.25) is 0 Å². The fourth-order valence-corrected chi connectivity index (χ4v) is 1.90. The lowest BCUT2D eigenvalue weighted by atomic mass is 10.0. The van der Waals surface area contributed by atoms with Gasteiger partial charge in [-0.2, -0.15) is 0 Å². The van der Waals surface area contributed by atoms with Gasteiger partial charge in [0.1, 0.15) is 11.9 Å². The molecule has 4 heteroatoms. The largest absolute Gasteiger partial charge is 0.467 e. The Morgan fingerprint density at radius 1 is 1.56 bits per heavy atom. The second-order valence-corrected chi connectivity index (χ2v) is 3.98. The van der Waals surface area contributed by atoms with E-state index in [0.29, 0.717) is 12.2 Å². The lowest BCUT2D eigenvalue weighted by Gasteiger charge is -2.40. The zero-order chi connectivity index (χ0) is 11.7. The first-order valence-corrected chi connectivity index (χ1v) is 5.24. The molecule has 3 nitrogen and oxygen atoms in total. The molecule has 16 heavy (non-hydrogen) atoms. The number of halogens is 1. The molecule has 86 valence electrons. The van der Waals surface area contributed by atoms with Gasteiger partial charge in [-0.1, -0.05) is 6.07 Å². The molecule has 0 bridgehead atoms. The number of rotatable bonds is 2. The highest BCUT2D eigenvalue weighted by Gasteiger charge is 2.36. The molecule has 0 aromatic heterocycles. The summed E-state index contributed by atoms with van der Waals surface area (Å²) >= 11 is 0. The van der Waals surface area contributed by atoms with E-state index < -0.39 is 0 Å². The molecule has 2 rings (SSSR count). The number of carbonyl (C=O) groups excluding carboxylic acids is 1. The summed E-state index contributed by atoms with van der Waals surface area (Å²) in [6, 6.07) is 4.69. The maximum Gasteiger partial charge on any atom is 0.328 e. The predicted molar refractivity (Wildman–Crippen MR) is 58.9 cm³/mol. The number of hydrogen-bond donors (Lipinski definition) is 0. The van der Waals surface area contributed by atoms with Crippen LogP contribution in [-0.4, -0.2) is 25.7 Å². The van der Waals surface area contributed by atoms with E-state index in [2.05, 4.69) is 4.74 Å². The minimum Gasteiger partial charge on any atom is -0.467 e. The fourth-order valence-electron chi connectivity index (χ4n) is 1.90. The molecule has 1 unspecified atom stereocenters. The molecule has 1 heterocycles. The molecule has 0 spiro atoms. The van der Waals surface area contributed by atoms with Crippen LogP contribution in [0.2, 0.25) is 0 Å². The Morgan fingerprint density at radius 3 is 2.81 bits per heavy atom. The number of esters is 1. The molecule has 0 radical (unpaired) electrons. The first-order chi connectivity index (χ1) is 7.63. The van der Waals surface area contributed by atoms with Crippen molar-refractivity contribution in [2.24, 2.45) is 0 Å². The number of carbonyl (C=O) groups is 1. The maximum atomic E-state index is 13.7. The van der Waals surface area contributed by atoms with Gasteiger partial charge in [0.25, 0.3) is 0 Å². The molecule has 0 N–H and O–H groups in total. The van der Waals surface area contributed by atoms with Crippen molar-refractivity contribution in [1.29, 1.82) is 0 Å². The average Bonchev–Trinajstić information content (AvgIpc) is 2.20. The molecular weight excluding hydrogens is 209 g/mol. The van der Waals surface area contributed by atoms with Crippen LogP contribution in [0, 0.1) is 12.7 Å². The van der Waals surface area contributed by atoms with E-state index in [0.717, 1.165) is 12.0 Å².